The lowest BCUT2D eigenvalue weighted by Gasteiger charge is -2.15. The first kappa shape index (κ1) is 9.71. The summed E-state index contributed by atoms with van der Waals surface area (Å²) in [5.41, 5.74) is 6.14. The van der Waals surface area contributed by atoms with E-state index in [-0.39, 0.29) is 6.04 Å². The molecular formula is C11H19N3. The smallest absolute Gasteiger partial charge is 0.125 e. The fourth-order valence-electron chi connectivity index (χ4n) is 2.45. The molecule has 0 amide bonds. The maximum absolute atomic E-state index is 6.14. The second-order valence-corrected chi connectivity index (χ2v) is 4.39. The van der Waals surface area contributed by atoms with E-state index in [9.17, 15) is 0 Å². The third-order valence-corrected chi connectivity index (χ3v) is 3.25. The highest BCUT2D eigenvalue weighted by Crippen LogP contribution is 2.31. The lowest BCUT2D eigenvalue weighted by atomic mass is 9.98. The summed E-state index contributed by atoms with van der Waals surface area (Å²) in [5.74, 6) is 1.86. The molecule has 14 heavy (non-hydrogen) atoms. The molecule has 0 saturated heterocycles. The van der Waals surface area contributed by atoms with Gasteiger partial charge in [0.2, 0.25) is 0 Å². The summed E-state index contributed by atoms with van der Waals surface area (Å²) in [4.78, 5) is 4.30. The van der Waals surface area contributed by atoms with Crippen molar-refractivity contribution in [1.82, 2.24) is 9.55 Å². The van der Waals surface area contributed by atoms with E-state index >= 15 is 0 Å². The molecule has 1 aliphatic rings. The summed E-state index contributed by atoms with van der Waals surface area (Å²) in [5, 5.41) is 0. The maximum Gasteiger partial charge on any atom is 0.125 e. The predicted octanol–water partition coefficient (Wildman–Crippen LogP) is 2.00. The zero-order chi connectivity index (χ0) is 9.97. The highest BCUT2D eigenvalue weighted by atomic mass is 15.1. The van der Waals surface area contributed by atoms with Crippen LogP contribution in [0.2, 0.25) is 0 Å². The Morgan fingerprint density at radius 1 is 1.57 bits per heavy atom. The monoisotopic (exact) mass is 193 g/mol. The lowest BCUT2D eigenvalue weighted by molar-refractivity contribution is 0.434. The Hall–Kier alpha value is -0.830. The number of aryl methyl sites for hydroxylation is 1. The quantitative estimate of drug-likeness (QED) is 0.798. The molecule has 2 rings (SSSR count). The molecule has 3 nitrogen and oxygen atoms in total. The molecule has 0 aliphatic heterocycles. The van der Waals surface area contributed by atoms with Crippen molar-refractivity contribution in [2.45, 2.75) is 38.1 Å². The molecule has 1 atom stereocenters. The van der Waals surface area contributed by atoms with Crippen LogP contribution in [0, 0.1) is 5.92 Å². The largest absolute Gasteiger partial charge is 0.337 e. The lowest BCUT2D eigenvalue weighted by Crippen LogP contribution is -2.18. The van der Waals surface area contributed by atoms with Gasteiger partial charge in [-0.05, 0) is 12.3 Å². The molecule has 0 aromatic carbocycles. The molecule has 78 valence electrons. The topological polar surface area (TPSA) is 43.8 Å². The van der Waals surface area contributed by atoms with Gasteiger partial charge in [-0.25, -0.2) is 4.98 Å². The van der Waals surface area contributed by atoms with E-state index in [0.29, 0.717) is 0 Å². The number of rotatable bonds is 3. The summed E-state index contributed by atoms with van der Waals surface area (Å²) in [6, 6.07) is 0.123. The summed E-state index contributed by atoms with van der Waals surface area (Å²) in [6.07, 6.45) is 10.4. The average molecular weight is 193 g/mol. The molecule has 3 heteroatoms. The highest BCUT2D eigenvalue weighted by Gasteiger charge is 2.20. The van der Waals surface area contributed by atoms with Crippen molar-refractivity contribution >= 4 is 0 Å². The predicted molar refractivity (Wildman–Crippen MR) is 56.7 cm³/mol. The van der Waals surface area contributed by atoms with Crippen molar-refractivity contribution < 1.29 is 0 Å². The molecule has 1 unspecified atom stereocenters. The average Bonchev–Trinajstić information content (AvgIpc) is 2.75. The van der Waals surface area contributed by atoms with Crippen molar-refractivity contribution in [3.63, 3.8) is 0 Å². The van der Waals surface area contributed by atoms with Gasteiger partial charge in [-0.15, -0.1) is 0 Å². The summed E-state index contributed by atoms with van der Waals surface area (Å²) in [6.45, 7) is 0. The van der Waals surface area contributed by atoms with Crippen LogP contribution in [0.5, 0.6) is 0 Å². The zero-order valence-electron chi connectivity index (χ0n) is 8.82. The third kappa shape index (κ3) is 1.98. The van der Waals surface area contributed by atoms with Crippen LogP contribution >= 0.6 is 0 Å². The molecule has 1 aromatic heterocycles. The second-order valence-electron chi connectivity index (χ2n) is 4.39. The fraction of sp³-hybridized carbons (Fsp3) is 0.727. The van der Waals surface area contributed by atoms with Gasteiger partial charge in [-0.2, -0.15) is 0 Å². The number of nitrogens with zero attached hydrogens (tertiary/aromatic N) is 2. The Morgan fingerprint density at radius 2 is 2.29 bits per heavy atom. The van der Waals surface area contributed by atoms with Gasteiger partial charge >= 0.3 is 0 Å². The van der Waals surface area contributed by atoms with Crippen molar-refractivity contribution in [2.75, 3.05) is 0 Å². The number of imidazole rings is 1. The van der Waals surface area contributed by atoms with Gasteiger partial charge in [-0.3, -0.25) is 0 Å². The molecule has 0 radical (unpaired) electrons. The molecule has 1 saturated carbocycles. The maximum atomic E-state index is 6.14. The van der Waals surface area contributed by atoms with E-state index in [2.05, 4.69) is 4.98 Å². The fourth-order valence-corrected chi connectivity index (χ4v) is 2.45. The Morgan fingerprint density at radius 3 is 2.86 bits per heavy atom. The number of nitrogens with two attached hydrogens (primary N) is 1. The summed E-state index contributed by atoms with van der Waals surface area (Å²) < 4.78 is 2.03. The Labute approximate surface area is 85.3 Å². The van der Waals surface area contributed by atoms with Crippen LogP contribution in [-0.2, 0) is 7.05 Å². The first-order valence-electron chi connectivity index (χ1n) is 5.50. The number of aromatic nitrogens is 2. The van der Waals surface area contributed by atoms with E-state index in [1.807, 2.05) is 24.0 Å². The molecule has 1 fully saturated rings. The van der Waals surface area contributed by atoms with Gasteiger partial charge in [0.25, 0.3) is 0 Å². The van der Waals surface area contributed by atoms with E-state index in [4.69, 9.17) is 5.73 Å². The minimum absolute atomic E-state index is 0.123. The van der Waals surface area contributed by atoms with Crippen molar-refractivity contribution in [2.24, 2.45) is 18.7 Å². The normalized spacial score (nSPS) is 20.1. The van der Waals surface area contributed by atoms with Crippen LogP contribution in [0.4, 0.5) is 0 Å². The molecule has 1 heterocycles. The van der Waals surface area contributed by atoms with Crippen molar-refractivity contribution in [1.29, 1.82) is 0 Å². The van der Waals surface area contributed by atoms with E-state index in [1.165, 1.54) is 25.7 Å². The third-order valence-electron chi connectivity index (χ3n) is 3.25. The second kappa shape index (κ2) is 4.13. The minimum atomic E-state index is 0.123. The van der Waals surface area contributed by atoms with Gasteiger partial charge in [0.1, 0.15) is 5.82 Å². The van der Waals surface area contributed by atoms with Crippen LogP contribution in [0.3, 0.4) is 0 Å². The summed E-state index contributed by atoms with van der Waals surface area (Å²) in [7, 11) is 2.01. The van der Waals surface area contributed by atoms with Crippen LogP contribution in [0.25, 0.3) is 0 Å². The molecule has 1 aliphatic carbocycles. The van der Waals surface area contributed by atoms with Gasteiger partial charge < -0.3 is 10.3 Å². The Bertz CT molecular complexity index is 286. The minimum Gasteiger partial charge on any atom is -0.337 e. The SMILES string of the molecule is Cn1ccnc1C(N)CC1CCCC1. The first-order chi connectivity index (χ1) is 6.77. The van der Waals surface area contributed by atoms with Crippen molar-refractivity contribution in [3.8, 4) is 0 Å². The van der Waals surface area contributed by atoms with Crippen LogP contribution in [0.1, 0.15) is 44.0 Å². The molecular weight excluding hydrogens is 174 g/mol. The van der Waals surface area contributed by atoms with Gasteiger partial charge in [-0.1, -0.05) is 25.7 Å². The van der Waals surface area contributed by atoms with Crippen molar-refractivity contribution in [3.05, 3.63) is 18.2 Å². The standard InChI is InChI=1S/C11H19N3/c1-14-7-6-13-11(14)10(12)8-9-4-2-3-5-9/h6-7,9-10H,2-5,8,12H2,1H3. The van der Waals surface area contributed by atoms with Crippen LogP contribution in [0.15, 0.2) is 12.4 Å². The van der Waals surface area contributed by atoms with Gasteiger partial charge in [0, 0.05) is 19.4 Å². The number of hydrogen-bond donors (Lipinski definition) is 1. The molecule has 1 aromatic rings. The summed E-state index contributed by atoms with van der Waals surface area (Å²) >= 11 is 0. The van der Waals surface area contributed by atoms with Crippen LogP contribution < -0.4 is 5.73 Å². The van der Waals surface area contributed by atoms with E-state index in [1.54, 1.807) is 0 Å². The Kier molecular flexibility index (Phi) is 2.87. The van der Waals surface area contributed by atoms with Gasteiger partial charge in [0.15, 0.2) is 0 Å². The molecule has 0 bridgehead atoms. The molecule has 2 N–H and O–H groups in total. The van der Waals surface area contributed by atoms with E-state index < -0.39 is 0 Å². The van der Waals surface area contributed by atoms with Crippen LogP contribution in [-0.4, -0.2) is 9.55 Å². The molecule has 0 spiro atoms. The van der Waals surface area contributed by atoms with E-state index in [0.717, 1.165) is 18.2 Å². The Balaban J connectivity index is 1.95. The first-order valence-corrected chi connectivity index (χ1v) is 5.50. The number of hydrogen-bond acceptors (Lipinski definition) is 2. The highest BCUT2D eigenvalue weighted by molar-refractivity contribution is 4.98. The zero-order valence-corrected chi connectivity index (χ0v) is 8.82. The van der Waals surface area contributed by atoms with Gasteiger partial charge in [0.05, 0.1) is 6.04 Å².